The summed E-state index contributed by atoms with van der Waals surface area (Å²) < 4.78 is 22.4. The molecule has 2 aromatic heterocycles. The molecule has 2 aromatic carbocycles. The minimum Gasteiger partial charge on any atom is -0.483 e. The molecular formula is C23H21N5O5S. The van der Waals surface area contributed by atoms with Gasteiger partial charge in [-0.1, -0.05) is 12.1 Å². The van der Waals surface area contributed by atoms with Crippen LogP contribution in [0.4, 0.5) is 0 Å². The first-order valence-corrected chi connectivity index (χ1v) is 11.4. The van der Waals surface area contributed by atoms with Gasteiger partial charge in [-0.15, -0.1) is 21.5 Å². The zero-order chi connectivity index (χ0) is 23.5. The molecule has 0 saturated carbocycles. The number of ether oxygens (including phenoxy) is 4. The van der Waals surface area contributed by atoms with Gasteiger partial charge in [0.2, 0.25) is 12.7 Å². The lowest BCUT2D eigenvalue weighted by atomic mass is 10.2. The summed E-state index contributed by atoms with van der Waals surface area (Å²) in [6.45, 7) is 4.26. The van der Waals surface area contributed by atoms with Crippen molar-refractivity contribution in [1.82, 2.24) is 25.5 Å². The van der Waals surface area contributed by atoms with Crippen LogP contribution in [-0.2, 0) is 6.54 Å². The number of nitrogens with zero attached hydrogens (tertiary/aromatic N) is 3. The van der Waals surface area contributed by atoms with E-state index in [1.165, 1.54) is 11.3 Å². The molecule has 1 aliphatic rings. The van der Waals surface area contributed by atoms with Crippen LogP contribution >= 0.6 is 11.3 Å². The van der Waals surface area contributed by atoms with Crippen LogP contribution in [0.5, 0.6) is 28.9 Å². The number of aromatic amines is 1. The first-order valence-electron chi connectivity index (χ1n) is 10.5. The summed E-state index contributed by atoms with van der Waals surface area (Å²) in [6, 6.07) is 12.7. The highest BCUT2D eigenvalue weighted by Crippen LogP contribution is 2.37. The quantitative estimate of drug-likeness (QED) is 0.387. The molecule has 0 spiro atoms. The third-order valence-corrected chi connectivity index (χ3v) is 5.80. The van der Waals surface area contributed by atoms with Crippen LogP contribution in [0.25, 0.3) is 0 Å². The van der Waals surface area contributed by atoms with E-state index in [2.05, 4.69) is 25.5 Å². The van der Waals surface area contributed by atoms with Gasteiger partial charge in [-0.3, -0.25) is 4.79 Å². The number of rotatable bonds is 8. The third-order valence-electron chi connectivity index (χ3n) is 4.99. The number of H-pyrrole nitrogens is 1. The Morgan fingerprint density at radius 3 is 2.74 bits per heavy atom. The molecule has 0 saturated heterocycles. The van der Waals surface area contributed by atoms with Gasteiger partial charge in [-0.05, 0) is 43.7 Å². The van der Waals surface area contributed by atoms with Gasteiger partial charge in [0.25, 0.3) is 5.91 Å². The van der Waals surface area contributed by atoms with Gasteiger partial charge in [-0.25, -0.2) is 4.98 Å². The van der Waals surface area contributed by atoms with Crippen molar-refractivity contribution in [3.05, 3.63) is 70.1 Å². The number of nitrogens with one attached hydrogen (secondary N) is 2. The number of hydrogen-bond acceptors (Lipinski definition) is 9. The second-order valence-electron chi connectivity index (χ2n) is 7.49. The molecule has 0 aliphatic carbocycles. The molecule has 34 heavy (non-hydrogen) atoms. The lowest BCUT2D eigenvalue weighted by Gasteiger charge is -2.12. The van der Waals surface area contributed by atoms with E-state index in [-0.39, 0.29) is 24.7 Å². The molecule has 0 radical (unpaired) electrons. The Bertz CT molecular complexity index is 1300. The number of carbonyl (C=O) groups excluding carboxylic acids is 1. The standard InChI is InChI=1S/C23H21N5O5S/c1-13(21-26-14(2)27-28-21)32-16-5-3-15(4-6-16)10-24-22(29)20-23(25-11-34-20)33-17-7-8-18-19(9-17)31-12-30-18/h3-9,11,13H,10,12H2,1-2H3,(H,24,29)(H,26,27,28). The fourth-order valence-electron chi connectivity index (χ4n) is 3.27. The molecule has 3 heterocycles. The number of amides is 1. The van der Waals surface area contributed by atoms with Crippen LogP contribution in [0.15, 0.2) is 48.0 Å². The van der Waals surface area contributed by atoms with Gasteiger partial charge in [0.1, 0.15) is 17.3 Å². The van der Waals surface area contributed by atoms with Crippen molar-refractivity contribution in [2.24, 2.45) is 0 Å². The van der Waals surface area contributed by atoms with E-state index in [1.807, 2.05) is 38.1 Å². The number of thiazole rings is 1. The van der Waals surface area contributed by atoms with E-state index in [0.717, 1.165) is 11.4 Å². The van der Waals surface area contributed by atoms with Crippen molar-refractivity contribution in [2.75, 3.05) is 6.79 Å². The predicted molar refractivity (Wildman–Crippen MR) is 123 cm³/mol. The predicted octanol–water partition coefficient (Wildman–Crippen LogP) is 4.16. The average Bonchev–Trinajstić information content (AvgIpc) is 3.59. The Morgan fingerprint density at radius 2 is 1.94 bits per heavy atom. The van der Waals surface area contributed by atoms with E-state index in [4.69, 9.17) is 18.9 Å². The highest BCUT2D eigenvalue weighted by molar-refractivity contribution is 7.12. The maximum atomic E-state index is 12.7. The van der Waals surface area contributed by atoms with Crippen LogP contribution in [0.2, 0.25) is 0 Å². The van der Waals surface area contributed by atoms with E-state index < -0.39 is 0 Å². The third kappa shape index (κ3) is 4.79. The van der Waals surface area contributed by atoms with Crippen molar-refractivity contribution in [3.63, 3.8) is 0 Å². The second-order valence-corrected chi connectivity index (χ2v) is 8.34. The molecule has 2 N–H and O–H groups in total. The molecule has 10 nitrogen and oxygen atoms in total. The summed E-state index contributed by atoms with van der Waals surface area (Å²) >= 11 is 1.21. The van der Waals surface area contributed by atoms with Crippen molar-refractivity contribution in [1.29, 1.82) is 0 Å². The maximum Gasteiger partial charge on any atom is 0.267 e. The largest absolute Gasteiger partial charge is 0.483 e. The molecule has 11 heteroatoms. The molecule has 174 valence electrons. The zero-order valence-electron chi connectivity index (χ0n) is 18.4. The number of carbonyl (C=O) groups is 1. The molecule has 5 rings (SSSR count). The number of aryl methyl sites for hydroxylation is 1. The van der Waals surface area contributed by atoms with Crippen molar-refractivity contribution < 1.29 is 23.7 Å². The summed E-state index contributed by atoms with van der Waals surface area (Å²) in [4.78, 5) is 20.4. The van der Waals surface area contributed by atoms with Crippen LogP contribution in [-0.4, -0.2) is 32.9 Å². The SMILES string of the molecule is Cc1nnc(C(C)Oc2ccc(CNC(=O)c3scnc3Oc3ccc4c(c3)OCO4)cc2)[nH]1. The summed E-state index contributed by atoms with van der Waals surface area (Å²) in [5.74, 6) is 3.82. The van der Waals surface area contributed by atoms with Gasteiger partial charge >= 0.3 is 0 Å². The smallest absolute Gasteiger partial charge is 0.267 e. The van der Waals surface area contributed by atoms with Crippen LogP contribution < -0.4 is 24.3 Å². The normalized spacial score (nSPS) is 12.9. The fraction of sp³-hybridized carbons (Fsp3) is 0.217. The lowest BCUT2D eigenvalue weighted by Crippen LogP contribution is -2.22. The fourth-order valence-corrected chi connectivity index (χ4v) is 3.90. The lowest BCUT2D eigenvalue weighted by molar-refractivity contribution is 0.0952. The molecule has 1 unspecified atom stereocenters. The molecule has 0 bridgehead atoms. The van der Waals surface area contributed by atoms with Gasteiger partial charge < -0.3 is 29.2 Å². The molecule has 1 amide bonds. The van der Waals surface area contributed by atoms with Crippen LogP contribution in [0.1, 0.15) is 39.9 Å². The molecule has 0 fully saturated rings. The van der Waals surface area contributed by atoms with Gasteiger partial charge in [0, 0.05) is 12.6 Å². The summed E-state index contributed by atoms with van der Waals surface area (Å²) in [6.07, 6.45) is -0.263. The number of fused-ring (bicyclic) bond motifs is 1. The van der Waals surface area contributed by atoms with Gasteiger partial charge in [0.05, 0.1) is 5.51 Å². The van der Waals surface area contributed by atoms with Gasteiger partial charge in [-0.2, -0.15) is 0 Å². The van der Waals surface area contributed by atoms with Crippen molar-refractivity contribution >= 4 is 17.2 Å². The maximum absolute atomic E-state index is 12.7. The highest BCUT2D eigenvalue weighted by atomic mass is 32.1. The van der Waals surface area contributed by atoms with Crippen molar-refractivity contribution in [3.8, 4) is 28.9 Å². The Kier molecular flexibility index (Phi) is 6.00. The summed E-state index contributed by atoms with van der Waals surface area (Å²) in [5.41, 5.74) is 2.49. The van der Waals surface area contributed by atoms with Gasteiger partial charge in [0.15, 0.2) is 28.3 Å². The van der Waals surface area contributed by atoms with E-state index in [1.54, 1.807) is 23.7 Å². The Balaban J connectivity index is 1.17. The first kappa shape index (κ1) is 21.7. The first-order chi connectivity index (χ1) is 16.5. The topological polar surface area (TPSA) is 120 Å². The van der Waals surface area contributed by atoms with Crippen LogP contribution in [0.3, 0.4) is 0 Å². The van der Waals surface area contributed by atoms with E-state index >= 15 is 0 Å². The summed E-state index contributed by atoms with van der Waals surface area (Å²) in [7, 11) is 0. The van der Waals surface area contributed by atoms with E-state index in [9.17, 15) is 4.79 Å². The van der Waals surface area contributed by atoms with E-state index in [0.29, 0.717) is 40.2 Å². The summed E-state index contributed by atoms with van der Waals surface area (Å²) in [5, 5.41) is 10.9. The zero-order valence-corrected chi connectivity index (χ0v) is 19.2. The number of aromatic nitrogens is 4. The monoisotopic (exact) mass is 479 g/mol. The Labute approximate surface area is 198 Å². The number of hydrogen-bond donors (Lipinski definition) is 2. The van der Waals surface area contributed by atoms with Crippen molar-refractivity contribution in [2.45, 2.75) is 26.5 Å². The number of benzene rings is 2. The average molecular weight is 480 g/mol. The highest BCUT2D eigenvalue weighted by Gasteiger charge is 2.19. The minimum absolute atomic E-state index is 0.177. The molecule has 1 aliphatic heterocycles. The van der Waals surface area contributed by atoms with Crippen LogP contribution in [0, 0.1) is 6.92 Å². The molecular weight excluding hydrogens is 458 g/mol. The molecule has 1 atom stereocenters. The Hall–Kier alpha value is -4.12. The molecule has 4 aromatic rings. The second kappa shape index (κ2) is 9.40. The Morgan fingerprint density at radius 1 is 1.15 bits per heavy atom. The minimum atomic E-state index is -0.270.